The third-order valence-corrected chi connectivity index (χ3v) is 2.40. The van der Waals surface area contributed by atoms with Crippen LogP contribution in [0, 0.1) is 5.82 Å². The van der Waals surface area contributed by atoms with Crippen molar-refractivity contribution in [1.82, 2.24) is 15.0 Å². The van der Waals surface area contributed by atoms with Crippen LogP contribution >= 0.6 is 0 Å². The van der Waals surface area contributed by atoms with Crippen LogP contribution in [0.25, 0.3) is 11.8 Å². The summed E-state index contributed by atoms with van der Waals surface area (Å²) in [7, 11) is 0. The van der Waals surface area contributed by atoms with E-state index in [0.29, 0.717) is 11.4 Å². The van der Waals surface area contributed by atoms with Crippen LogP contribution in [0.2, 0.25) is 0 Å². The summed E-state index contributed by atoms with van der Waals surface area (Å²) >= 11 is 0. The van der Waals surface area contributed by atoms with Crippen LogP contribution in [0.4, 0.5) is 4.39 Å². The maximum Gasteiger partial charge on any atom is 0.358 e. The summed E-state index contributed by atoms with van der Waals surface area (Å²) < 4.78 is 14.3. The molecule has 2 rings (SSSR count). The number of rotatable bonds is 3. The Kier molecular flexibility index (Phi) is 3.41. The van der Waals surface area contributed by atoms with Gasteiger partial charge < -0.3 is 5.11 Å². The Balaban J connectivity index is 2.60. The normalized spacial score (nSPS) is 10.3. The molecule has 0 aliphatic heterocycles. The number of aromatic carboxylic acids is 1. The van der Waals surface area contributed by atoms with Crippen LogP contribution in [-0.2, 0) is 0 Å². The fourth-order valence-electron chi connectivity index (χ4n) is 1.62. The summed E-state index contributed by atoms with van der Waals surface area (Å²) in [5, 5.41) is 16.5. The molecule has 1 aromatic carbocycles. The summed E-state index contributed by atoms with van der Waals surface area (Å²) in [6.45, 7) is 3.68. The van der Waals surface area contributed by atoms with Gasteiger partial charge in [0.1, 0.15) is 11.5 Å². The first kappa shape index (κ1) is 12.9. The van der Waals surface area contributed by atoms with Crippen LogP contribution in [0.3, 0.4) is 0 Å². The molecule has 19 heavy (non-hydrogen) atoms. The van der Waals surface area contributed by atoms with E-state index in [4.69, 9.17) is 5.11 Å². The first-order valence-electron chi connectivity index (χ1n) is 5.59. The van der Waals surface area contributed by atoms with Gasteiger partial charge in [-0.3, -0.25) is 0 Å². The lowest BCUT2D eigenvalue weighted by atomic mass is 10.2. The third-order valence-electron chi connectivity index (χ3n) is 2.40. The number of halogens is 1. The smallest absolute Gasteiger partial charge is 0.358 e. The van der Waals surface area contributed by atoms with Gasteiger partial charge >= 0.3 is 5.97 Å². The van der Waals surface area contributed by atoms with Crippen molar-refractivity contribution >= 4 is 12.0 Å². The second kappa shape index (κ2) is 5.01. The standard InChI is InChI=1S/C13H12FN3O2/c1-8(2)7-11-12(13(18)19)15-16-17(11)10-5-3-9(14)4-6-10/h3-7H,1-2H3,(H,18,19). The molecule has 0 atom stereocenters. The van der Waals surface area contributed by atoms with Gasteiger partial charge in [-0.1, -0.05) is 10.8 Å². The third kappa shape index (κ3) is 2.67. The van der Waals surface area contributed by atoms with Crippen molar-refractivity contribution < 1.29 is 14.3 Å². The topological polar surface area (TPSA) is 68.0 Å². The average molecular weight is 261 g/mol. The molecule has 6 heteroatoms. The summed E-state index contributed by atoms with van der Waals surface area (Å²) in [6, 6.07) is 5.59. The first-order chi connectivity index (χ1) is 8.99. The first-order valence-corrected chi connectivity index (χ1v) is 5.59. The van der Waals surface area contributed by atoms with Crippen molar-refractivity contribution in [3.05, 3.63) is 47.0 Å². The number of hydrogen-bond acceptors (Lipinski definition) is 3. The van der Waals surface area contributed by atoms with Gasteiger partial charge in [0.2, 0.25) is 0 Å². The zero-order chi connectivity index (χ0) is 14.0. The number of carbonyl (C=O) groups is 1. The Morgan fingerprint density at radius 1 is 1.32 bits per heavy atom. The molecule has 1 heterocycles. The predicted octanol–water partition coefficient (Wildman–Crippen LogP) is 2.53. The molecule has 0 bridgehead atoms. The molecule has 0 saturated carbocycles. The summed E-state index contributed by atoms with van der Waals surface area (Å²) in [4.78, 5) is 11.1. The highest BCUT2D eigenvalue weighted by Crippen LogP contribution is 2.16. The van der Waals surface area contributed by atoms with Gasteiger partial charge in [0.15, 0.2) is 5.69 Å². The molecule has 1 aromatic heterocycles. The minimum atomic E-state index is -1.15. The summed E-state index contributed by atoms with van der Waals surface area (Å²) in [5.74, 6) is -1.52. The molecule has 0 fully saturated rings. The summed E-state index contributed by atoms with van der Waals surface area (Å²) in [6.07, 6.45) is 1.67. The number of hydrogen-bond donors (Lipinski definition) is 1. The number of carboxylic acid groups (broad SMARTS) is 1. The monoisotopic (exact) mass is 261 g/mol. The average Bonchev–Trinajstić information content (AvgIpc) is 2.73. The van der Waals surface area contributed by atoms with E-state index in [-0.39, 0.29) is 11.5 Å². The van der Waals surface area contributed by atoms with Crippen molar-refractivity contribution in [2.45, 2.75) is 13.8 Å². The SMILES string of the molecule is CC(C)=Cc1c(C(=O)O)nnn1-c1ccc(F)cc1. The van der Waals surface area contributed by atoms with Crippen molar-refractivity contribution in [1.29, 1.82) is 0 Å². The molecule has 0 amide bonds. The number of benzene rings is 1. The molecule has 98 valence electrons. The zero-order valence-electron chi connectivity index (χ0n) is 10.5. The molecule has 1 N–H and O–H groups in total. The molecule has 5 nitrogen and oxygen atoms in total. The molecule has 0 aliphatic carbocycles. The Bertz CT molecular complexity index is 640. The highest BCUT2D eigenvalue weighted by molar-refractivity contribution is 5.89. The van der Waals surface area contributed by atoms with Gasteiger partial charge in [-0.2, -0.15) is 0 Å². The van der Waals surface area contributed by atoms with Crippen LogP contribution in [-0.4, -0.2) is 26.1 Å². The van der Waals surface area contributed by atoms with E-state index in [1.54, 1.807) is 6.08 Å². The molecule has 0 aliphatic rings. The molecule has 0 spiro atoms. The predicted molar refractivity (Wildman–Crippen MR) is 67.6 cm³/mol. The Morgan fingerprint density at radius 2 is 1.95 bits per heavy atom. The Morgan fingerprint density at radius 3 is 2.47 bits per heavy atom. The highest BCUT2D eigenvalue weighted by atomic mass is 19.1. The lowest BCUT2D eigenvalue weighted by molar-refractivity contribution is 0.0690. The van der Waals surface area contributed by atoms with Crippen LogP contribution in [0.15, 0.2) is 29.8 Å². The van der Waals surface area contributed by atoms with Crippen LogP contribution < -0.4 is 0 Å². The van der Waals surface area contributed by atoms with E-state index in [1.807, 2.05) is 13.8 Å². The largest absolute Gasteiger partial charge is 0.476 e. The van der Waals surface area contributed by atoms with Gasteiger partial charge in [-0.05, 0) is 44.2 Å². The Hall–Kier alpha value is -2.50. The van der Waals surface area contributed by atoms with Crippen molar-refractivity contribution in [2.75, 3.05) is 0 Å². The maximum absolute atomic E-state index is 12.9. The Labute approximate surface area is 109 Å². The highest BCUT2D eigenvalue weighted by Gasteiger charge is 2.18. The second-order valence-electron chi connectivity index (χ2n) is 4.24. The minimum absolute atomic E-state index is 0.134. The van der Waals surface area contributed by atoms with Gasteiger partial charge in [0.05, 0.1) is 5.69 Å². The quantitative estimate of drug-likeness (QED) is 0.921. The van der Waals surface area contributed by atoms with Gasteiger partial charge in [0, 0.05) is 0 Å². The molecule has 0 radical (unpaired) electrons. The molecular formula is C13H12FN3O2. The second-order valence-corrected chi connectivity index (χ2v) is 4.24. The van der Waals surface area contributed by atoms with Crippen LogP contribution in [0.1, 0.15) is 30.0 Å². The molecule has 2 aromatic rings. The fraction of sp³-hybridized carbons (Fsp3) is 0.154. The molecular weight excluding hydrogens is 249 g/mol. The maximum atomic E-state index is 12.9. The van der Waals surface area contributed by atoms with Crippen molar-refractivity contribution in [2.24, 2.45) is 0 Å². The molecule has 0 saturated heterocycles. The van der Waals surface area contributed by atoms with E-state index in [9.17, 15) is 9.18 Å². The number of aromatic nitrogens is 3. The molecule has 0 unspecified atom stereocenters. The van der Waals surface area contributed by atoms with E-state index in [0.717, 1.165) is 5.57 Å². The number of nitrogens with zero attached hydrogens (tertiary/aromatic N) is 3. The minimum Gasteiger partial charge on any atom is -0.476 e. The van der Waals surface area contributed by atoms with Crippen molar-refractivity contribution in [3.63, 3.8) is 0 Å². The van der Waals surface area contributed by atoms with Gasteiger partial charge in [-0.25, -0.2) is 13.9 Å². The van der Waals surface area contributed by atoms with E-state index in [2.05, 4.69) is 10.3 Å². The number of carboxylic acids is 1. The van der Waals surface area contributed by atoms with Gasteiger partial charge in [-0.15, -0.1) is 5.10 Å². The van der Waals surface area contributed by atoms with Gasteiger partial charge in [0.25, 0.3) is 0 Å². The lowest BCUT2D eigenvalue weighted by Crippen LogP contribution is -2.03. The van der Waals surface area contributed by atoms with E-state index < -0.39 is 5.97 Å². The number of allylic oxidation sites excluding steroid dienone is 1. The van der Waals surface area contributed by atoms with E-state index >= 15 is 0 Å². The lowest BCUT2D eigenvalue weighted by Gasteiger charge is -2.04. The van der Waals surface area contributed by atoms with E-state index in [1.165, 1.54) is 28.9 Å². The van der Waals surface area contributed by atoms with Crippen LogP contribution in [0.5, 0.6) is 0 Å². The zero-order valence-corrected chi connectivity index (χ0v) is 10.5. The fourth-order valence-corrected chi connectivity index (χ4v) is 1.62. The van der Waals surface area contributed by atoms with Crippen molar-refractivity contribution in [3.8, 4) is 5.69 Å². The summed E-state index contributed by atoms with van der Waals surface area (Å²) in [5.41, 5.74) is 1.69.